The summed E-state index contributed by atoms with van der Waals surface area (Å²) in [5.41, 5.74) is 6.77. The van der Waals surface area contributed by atoms with E-state index in [2.05, 4.69) is 26.8 Å². The molecule has 2 saturated heterocycles. The van der Waals surface area contributed by atoms with Gasteiger partial charge in [-0.05, 0) is 86.8 Å². The van der Waals surface area contributed by atoms with E-state index in [0.717, 1.165) is 36.0 Å². The number of carbonyl (C=O) groups excluding carboxylic acids is 2. The largest absolute Gasteiger partial charge is 0.507 e. The second kappa shape index (κ2) is 9.69. The number of hydrogen-bond donors (Lipinski definition) is 1. The van der Waals surface area contributed by atoms with E-state index in [-0.39, 0.29) is 35.7 Å². The number of imide groups is 1. The van der Waals surface area contributed by atoms with Crippen molar-refractivity contribution in [2.75, 3.05) is 13.2 Å². The van der Waals surface area contributed by atoms with Crippen molar-refractivity contribution in [3.05, 3.63) is 45.5 Å². The molecule has 0 bridgehead atoms. The average Bonchev–Trinajstić information content (AvgIpc) is 3.30. The number of rotatable bonds is 7. The SMILES string of the molecule is CCCN1C(=O)[C@@H]2[C@@H](CC(C(C)C)=C3[C@@H](CC/C(C)=C/c4cc(C)c(O)c(C)c4)OC[C@@H]32)C1=O. The first kappa shape index (κ1) is 24.7. The topological polar surface area (TPSA) is 66.8 Å². The molecular weight excluding hydrogens is 426 g/mol. The molecule has 4 rings (SSSR count). The van der Waals surface area contributed by atoms with Crippen molar-refractivity contribution >= 4 is 17.9 Å². The van der Waals surface area contributed by atoms with Gasteiger partial charge in [0.2, 0.25) is 11.8 Å². The van der Waals surface area contributed by atoms with Crippen LogP contribution in [0.1, 0.15) is 70.1 Å². The van der Waals surface area contributed by atoms with Crippen LogP contribution < -0.4 is 0 Å². The normalized spacial score (nSPS) is 27.1. The smallest absolute Gasteiger partial charge is 0.233 e. The first-order valence-electron chi connectivity index (χ1n) is 12.8. The van der Waals surface area contributed by atoms with Gasteiger partial charge in [0, 0.05) is 12.5 Å². The Hall–Kier alpha value is -2.40. The van der Waals surface area contributed by atoms with Gasteiger partial charge in [-0.1, -0.05) is 38.0 Å². The summed E-state index contributed by atoms with van der Waals surface area (Å²) in [6.45, 7) is 13.5. The molecule has 184 valence electrons. The Morgan fingerprint density at radius 2 is 1.85 bits per heavy atom. The maximum atomic E-state index is 13.2. The molecular formula is C29H39NO4. The van der Waals surface area contributed by atoms with Gasteiger partial charge in [0.1, 0.15) is 5.75 Å². The zero-order valence-electron chi connectivity index (χ0n) is 21.5. The molecule has 3 aliphatic rings. The Balaban J connectivity index is 1.54. The summed E-state index contributed by atoms with van der Waals surface area (Å²) in [4.78, 5) is 27.8. The summed E-state index contributed by atoms with van der Waals surface area (Å²) < 4.78 is 6.32. The van der Waals surface area contributed by atoms with Gasteiger partial charge in [-0.15, -0.1) is 0 Å². The van der Waals surface area contributed by atoms with Gasteiger partial charge in [-0.3, -0.25) is 14.5 Å². The molecule has 34 heavy (non-hydrogen) atoms. The zero-order valence-corrected chi connectivity index (χ0v) is 21.5. The average molecular weight is 466 g/mol. The highest BCUT2D eigenvalue weighted by Crippen LogP contribution is 2.51. The van der Waals surface area contributed by atoms with E-state index in [1.807, 2.05) is 32.9 Å². The van der Waals surface area contributed by atoms with Crippen LogP contribution in [0.2, 0.25) is 0 Å². The number of ether oxygens (including phenoxy) is 1. The van der Waals surface area contributed by atoms with E-state index < -0.39 is 0 Å². The number of phenols is 1. The summed E-state index contributed by atoms with van der Waals surface area (Å²) >= 11 is 0. The number of fused-ring (bicyclic) bond motifs is 3. The number of aryl methyl sites for hydroxylation is 2. The molecule has 2 heterocycles. The second-order valence-corrected chi connectivity index (χ2v) is 10.8. The lowest BCUT2D eigenvalue weighted by molar-refractivity contribution is -0.140. The third-order valence-corrected chi connectivity index (χ3v) is 7.91. The standard InChI is InChI=1S/C29H39NO4/c1-7-10-30-28(32)22-14-21(16(2)3)25-23(26(22)29(30)33)15-34-24(25)9-8-17(4)11-20-12-18(5)27(31)19(6)13-20/h11-13,16,22-24,26,31H,7-10,14-15H2,1-6H3/b17-11+/t22-,23+,24-,26-/m1/s1. The molecule has 0 aromatic heterocycles. The number of amides is 2. The third kappa shape index (κ3) is 4.35. The van der Waals surface area contributed by atoms with Crippen molar-refractivity contribution in [2.45, 2.75) is 73.3 Å². The highest BCUT2D eigenvalue weighted by molar-refractivity contribution is 6.06. The number of phenolic OH excluding ortho intramolecular Hbond substituents is 1. The molecule has 1 N–H and O–H groups in total. The molecule has 5 nitrogen and oxygen atoms in total. The highest BCUT2D eigenvalue weighted by atomic mass is 16.5. The number of likely N-dealkylation sites (tertiary alicyclic amines) is 1. The van der Waals surface area contributed by atoms with Gasteiger partial charge in [0.05, 0.1) is 24.5 Å². The van der Waals surface area contributed by atoms with Crippen LogP contribution >= 0.6 is 0 Å². The Kier molecular flexibility index (Phi) is 7.04. The van der Waals surface area contributed by atoms with Crippen LogP contribution in [0, 0.1) is 37.5 Å². The van der Waals surface area contributed by atoms with Gasteiger partial charge in [-0.25, -0.2) is 0 Å². The minimum atomic E-state index is -0.249. The lowest BCUT2D eigenvalue weighted by Gasteiger charge is -2.33. The fourth-order valence-electron chi connectivity index (χ4n) is 6.26. The number of hydrogen-bond acceptors (Lipinski definition) is 4. The van der Waals surface area contributed by atoms with Crippen molar-refractivity contribution in [1.29, 1.82) is 0 Å². The zero-order chi connectivity index (χ0) is 24.7. The molecule has 1 aromatic rings. The maximum Gasteiger partial charge on any atom is 0.233 e. The van der Waals surface area contributed by atoms with Gasteiger partial charge in [-0.2, -0.15) is 0 Å². The Morgan fingerprint density at radius 1 is 1.18 bits per heavy atom. The molecule has 5 heteroatoms. The molecule has 2 amide bonds. The van der Waals surface area contributed by atoms with E-state index >= 15 is 0 Å². The van der Waals surface area contributed by atoms with E-state index in [1.54, 1.807) is 0 Å². The Morgan fingerprint density at radius 3 is 2.47 bits per heavy atom. The quantitative estimate of drug-likeness (QED) is 0.422. The summed E-state index contributed by atoms with van der Waals surface area (Å²) in [5.74, 6) is 0.311. The Bertz CT molecular complexity index is 1030. The van der Waals surface area contributed by atoms with Gasteiger partial charge >= 0.3 is 0 Å². The van der Waals surface area contributed by atoms with E-state index in [1.165, 1.54) is 21.6 Å². The Labute approximate surface area is 203 Å². The predicted octanol–water partition coefficient (Wildman–Crippen LogP) is 5.58. The number of carbonyl (C=O) groups is 2. The summed E-state index contributed by atoms with van der Waals surface area (Å²) in [6, 6.07) is 4.03. The minimum Gasteiger partial charge on any atom is -0.507 e. The van der Waals surface area contributed by atoms with Crippen molar-refractivity contribution in [3.63, 3.8) is 0 Å². The van der Waals surface area contributed by atoms with Gasteiger partial charge < -0.3 is 9.84 Å². The van der Waals surface area contributed by atoms with E-state index in [4.69, 9.17) is 4.74 Å². The molecule has 2 fully saturated rings. The fourth-order valence-corrected chi connectivity index (χ4v) is 6.26. The van der Waals surface area contributed by atoms with Crippen LogP contribution in [0.5, 0.6) is 5.75 Å². The summed E-state index contributed by atoms with van der Waals surface area (Å²) in [6.07, 6.45) is 5.46. The molecule has 1 aliphatic carbocycles. The highest BCUT2D eigenvalue weighted by Gasteiger charge is 2.56. The van der Waals surface area contributed by atoms with Crippen LogP contribution in [-0.2, 0) is 14.3 Å². The van der Waals surface area contributed by atoms with Crippen LogP contribution in [0.3, 0.4) is 0 Å². The van der Waals surface area contributed by atoms with Gasteiger partial charge in [0.25, 0.3) is 0 Å². The molecule has 4 atom stereocenters. The van der Waals surface area contributed by atoms with Crippen molar-refractivity contribution in [1.82, 2.24) is 4.90 Å². The van der Waals surface area contributed by atoms with Crippen molar-refractivity contribution in [2.24, 2.45) is 23.7 Å². The minimum absolute atomic E-state index is 0.0121. The molecule has 2 aliphatic heterocycles. The third-order valence-electron chi connectivity index (χ3n) is 7.91. The molecule has 0 spiro atoms. The summed E-state index contributed by atoms with van der Waals surface area (Å²) in [7, 11) is 0. The number of allylic oxidation sites excluding steroid dienone is 2. The molecule has 0 radical (unpaired) electrons. The van der Waals surface area contributed by atoms with Crippen LogP contribution in [-0.4, -0.2) is 41.1 Å². The lowest BCUT2D eigenvalue weighted by atomic mass is 9.67. The molecule has 0 saturated carbocycles. The monoisotopic (exact) mass is 465 g/mol. The summed E-state index contributed by atoms with van der Waals surface area (Å²) in [5, 5.41) is 10.0. The lowest BCUT2D eigenvalue weighted by Crippen LogP contribution is -2.35. The van der Waals surface area contributed by atoms with Crippen molar-refractivity contribution in [3.8, 4) is 5.75 Å². The van der Waals surface area contributed by atoms with E-state index in [0.29, 0.717) is 31.2 Å². The molecule has 1 aromatic carbocycles. The second-order valence-electron chi connectivity index (χ2n) is 10.8. The first-order valence-corrected chi connectivity index (χ1v) is 12.8. The number of nitrogens with zero attached hydrogens (tertiary/aromatic N) is 1. The fraction of sp³-hybridized carbons (Fsp3) is 0.586. The van der Waals surface area contributed by atoms with Crippen LogP contribution in [0.15, 0.2) is 28.9 Å². The maximum absolute atomic E-state index is 13.2. The number of aromatic hydroxyl groups is 1. The van der Waals surface area contributed by atoms with E-state index in [9.17, 15) is 14.7 Å². The number of benzene rings is 1. The van der Waals surface area contributed by atoms with Crippen molar-refractivity contribution < 1.29 is 19.4 Å². The molecule has 0 unspecified atom stereocenters. The van der Waals surface area contributed by atoms with Crippen LogP contribution in [0.4, 0.5) is 0 Å². The van der Waals surface area contributed by atoms with Gasteiger partial charge in [0.15, 0.2) is 0 Å². The van der Waals surface area contributed by atoms with Crippen LogP contribution in [0.25, 0.3) is 6.08 Å². The predicted molar refractivity (Wildman–Crippen MR) is 134 cm³/mol. The first-order chi connectivity index (χ1) is 16.1.